The molecule has 0 saturated carbocycles. The maximum absolute atomic E-state index is 4.00. The first-order chi connectivity index (χ1) is 14.3. The third kappa shape index (κ3) is 8.08. The average molecular weight is 467 g/mol. The second-order valence-corrected chi connectivity index (χ2v) is 8.50. The zero-order chi connectivity index (χ0) is 20.2. The van der Waals surface area contributed by atoms with Crippen LogP contribution in [0.1, 0.15) is 48.8 Å². The van der Waals surface area contributed by atoms with Crippen LogP contribution in [0.2, 0.25) is 0 Å². The van der Waals surface area contributed by atoms with E-state index in [-0.39, 0.29) is 22.4 Å². The van der Waals surface area contributed by atoms with Crippen molar-refractivity contribution in [2.45, 2.75) is 51.4 Å². The fraction of sp³-hybridized carbons (Fsp3) is 0.357. The number of rotatable bonds is 12. The highest BCUT2D eigenvalue weighted by Crippen LogP contribution is 2.37. The lowest BCUT2D eigenvalue weighted by molar-refractivity contribution is -0.368. The first kappa shape index (κ1) is 24.4. The van der Waals surface area contributed by atoms with E-state index >= 15 is 0 Å². The van der Waals surface area contributed by atoms with E-state index in [0.717, 1.165) is 25.8 Å². The highest BCUT2D eigenvalue weighted by Gasteiger charge is 2.30. The molecule has 0 fully saturated rings. The molecule has 0 aromatic heterocycles. The summed E-state index contributed by atoms with van der Waals surface area (Å²) in [5.41, 5.74) is 8.61. The SMILES string of the molecule is [Br-].[NH3+]CCCCCCC(Cc1ccccc1)(Cc1ccccc1)Cc1ccccc1. The van der Waals surface area contributed by atoms with Crippen molar-refractivity contribution in [1.29, 1.82) is 0 Å². The molecule has 3 N–H and O–H groups in total. The molecule has 0 aliphatic carbocycles. The van der Waals surface area contributed by atoms with Crippen molar-refractivity contribution >= 4 is 0 Å². The summed E-state index contributed by atoms with van der Waals surface area (Å²) in [7, 11) is 0. The fourth-order valence-electron chi connectivity index (χ4n) is 4.57. The Morgan fingerprint density at radius 2 is 0.867 bits per heavy atom. The molecular formula is C28H36BrN. The molecule has 0 radical (unpaired) electrons. The van der Waals surface area contributed by atoms with E-state index in [2.05, 4.69) is 96.7 Å². The summed E-state index contributed by atoms with van der Waals surface area (Å²) < 4.78 is 0. The number of halogens is 1. The molecule has 0 heterocycles. The molecule has 0 atom stereocenters. The minimum atomic E-state index is 0. The van der Waals surface area contributed by atoms with E-state index in [1.165, 1.54) is 48.8 Å². The Balaban J connectivity index is 0.00000320. The molecule has 3 aromatic rings. The zero-order valence-electron chi connectivity index (χ0n) is 18.1. The molecule has 1 nitrogen and oxygen atoms in total. The number of unbranched alkanes of at least 4 members (excludes halogenated alkanes) is 3. The average Bonchev–Trinajstić information content (AvgIpc) is 2.76. The molecule has 0 spiro atoms. The third-order valence-electron chi connectivity index (χ3n) is 5.97. The lowest BCUT2D eigenvalue weighted by Gasteiger charge is -2.35. The Bertz CT molecular complexity index is 700. The highest BCUT2D eigenvalue weighted by molar-refractivity contribution is 5.24. The topological polar surface area (TPSA) is 27.6 Å². The second kappa shape index (κ2) is 13.4. The Morgan fingerprint density at radius 3 is 1.23 bits per heavy atom. The van der Waals surface area contributed by atoms with E-state index in [1.54, 1.807) is 0 Å². The first-order valence-electron chi connectivity index (χ1n) is 11.2. The lowest BCUT2D eigenvalue weighted by atomic mass is 9.69. The van der Waals surface area contributed by atoms with Crippen molar-refractivity contribution in [3.8, 4) is 0 Å². The Morgan fingerprint density at radius 1 is 0.500 bits per heavy atom. The normalized spacial score (nSPS) is 11.1. The van der Waals surface area contributed by atoms with E-state index < -0.39 is 0 Å². The van der Waals surface area contributed by atoms with Gasteiger partial charge in [0, 0.05) is 0 Å². The summed E-state index contributed by atoms with van der Waals surface area (Å²) in [6.45, 7) is 1.06. The Labute approximate surface area is 193 Å². The standard InChI is InChI=1S/C28H35N.BrH/c29-21-13-2-1-12-20-28(22-25-14-6-3-7-15-25,23-26-16-8-4-9-17-26)24-27-18-10-5-11-19-27;/h3-11,14-19H,1-2,12-13,20-24,29H2;1H. The van der Waals surface area contributed by atoms with Crippen molar-refractivity contribution in [2.24, 2.45) is 5.41 Å². The van der Waals surface area contributed by atoms with Crippen molar-refractivity contribution in [2.75, 3.05) is 6.54 Å². The predicted octanol–water partition coefficient (Wildman–Crippen LogP) is 2.90. The summed E-state index contributed by atoms with van der Waals surface area (Å²) >= 11 is 0. The monoisotopic (exact) mass is 465 g/mol. The van der Waals surface area contributed by atoms with Gasteiger partial charge in [-0.15, -0.1) is 0 Å². The van der Waals surface area contributed by atoms with Gasteiger partial charge in [-0.3, -0.25) is 0 Å². The van der Waals surface area contributed by atoms with Crippen LogP contribution < -0.4 is 22.7 Å². The van der Waals surface area contributed by atoms with Crippen LogP contribution in [0.5, 0.6) is 0 Å². The third-order valence-corrected chi connectivity index (χ3v) is 5.97. The van der Waals surface area contributed by atoms with Crippen LogP contribution in [0, 0.1) is 5.41 Å². The summed E-state index contributed by atoms with van der Waals surface area (Å²) in [4.78, 5) is 0. The van der Waals surface area contributed by atoms with Gasteiger partial charge in [0.15, 0.2) is 0 Å². The van der Waals surface area contributed by atoms with Crippen molar-refractivity contribution < 1.29 is 22.7 Å². The predicted molar refractivity (Wildman–Crippen MR) is 124 cm³/mol. The maximum atomic E-state index is 4.00. The molecule has 160 valence electrons. The number of benzene rings is 3. The lowest BCUT2D eigenvalue weighted by Crippen LogP contribution is -3.00. The minimum Gasteiger partial charge on any atom is -1.00 e. The van der Waals surface area contributed by atoms with Crippen molar-refractivity contribution in [3.05, 3.63) is 108 Å². The van der Waals surface area contributed by atoms with Gasteiger partial charge in [-0.2, -0.15) is 0 Å². The van der Waals surface area contributed by atoms with Crippen molar-refractivity contribution in [1.82, 2.24) is 0 Å². The van der Waals surface area contributed by atoms with Gasteiger partial charge in [0.1, 0.15) is 0 Å². The van der Waals surface area contributed by atoms with Gasteiger partial charge in [-0.05, 0) is 60.6 Å². The summed E-state index contributed by atoms with van der Waals surface area (Å²) in [6.07, 6.45) is 9.84. The molecule has 0 bridgehead atoms. The van der Waals surface area contributed by atoms with Crippen LogP contribution in [0.4, 0.5) is 0 Å². The largest absolute Gasteiger partial charge is 1.00 e. The van der Waals surface area contributed by atoms with Crippen LogP contribution in [0.15, 0.2) is 91.0 Å². The molecular weight excluding hydrogens is 430 g/mol. The molecule has 3 aromatic carbocycles. The van der Waals surface area contributed by atoms with Gasteiger partial charge in [0.25, 0.3) is 0 Å². The van der Waals surface area contributed by atoms with Gasteiger partial charge in [-0.25, -0.2) is 0 Å². The van der Waals surface area contributed by atoms with E-state index in [0.29, 0.717) is 0 Å². The van der Waals surface area contributed by atoms with Crippen LogP contribution in [0.25, 0.3) is 0 Å². The molecule has 0 unspecified atom stereocenters. The van der Waals surface area contributed by atoms with Crippen LogP contribution >= 0.6 is 0 Å². The summed E-state index contributed by atoms with van der Waals surface area (Å²) in [5, 5.41) is 0. The molecule has 3 rings (SSSR count). The van der Waals surface area contributed by atoms with Gasteiger partial charge < -0.3 is 22.7 Å². The van der Waals surface area contributed by atoms with E-state index in [9.17, 15) is 0 Å². The van der Waals surface area contributed by atoms with Crippen LogP contribution in [0.3, 0.4) is 0 Å². The Kier molecular flexibility index (Phi) is 10.9. The minimum absolute atomic E-state index is 0. The van der Waals surface area contributed by atoms with Gasteiger partial charge in [-0.1, -0.05) is 104 Å². The van der Waals surface area contributed by atoms with Crippen molar-refractivity contribution in [3.63, 3.8) is 0 Å². The molecule has 0 aliphatic heterocycles. The first-order valence-corrected chi connectivity index (χ1v) is 11.2. The van der Waals surface area contributed by atoms with E-state index in [4.69, 9.17) is 0 Å². The van der Waals surface area contributed by atoms with Gasteiger partial charge in [0.05, 0.1) is 6.54 Å². The molecule has 0 saturated heterocycles. The molecule has 2 heteroatoms. The quantitative estimate of drug-likeness (QED) is 0.398. The second-order valence-electron chi connectivity index (χ2n) is 8.50. The smallest absolute Gasteiger partial charge is 0.0739 e. The maximum Gasteiger partial charge on any atom is 0.0739 e. The highest BCUT2D eigenvalue weighted by atomic mass is 79.9. The molecule has 0 aliphatic rings. The zero-order valence-corrected chi connectivity index (χ0v) is 19.7. The molecule has 30 heavy (non-hydrogen) atoms. The van der Waals surface area contributed by atoms with Gasteiger partial charge >= 0.3 is 0 Å². The number of quaternary nitrogens is 1. The van der Waals surface area contributed by atoms with Gasteiger partial charge in [0.2, 0.25) is 0 Å². The Hall–Kier alpha value is -1.90. The summed E-state index contributed by atoms with van der Waals surface area (Å²) in [5.74, 6) is 0. The number of hydrogen-bond acceptors (Lipinski definition) is 0. The van der Waals surface area contributed by atoms with Crippen LogP contribution in [-0.2, 0) is 19.3 Å². The fourth-order valence-corrected chi connectivity index (χ4v) is 4.57. The number of hydrogen-bond donors (Lipinski definition) is 1. The van der Waals surface area contributed by atoms with E-state index in [1.807, 2.05) is 0 Å². The molecule has 0 amide bonds. The summed E-state index contributed by atoms with van der Waals surface area (Å²) in [6, 6.07) is 33.2. The van der Waals surface area contributed by atoms with Crippen LogP contribution in [-0.4, -0.2) is 6.54 Å².